The third-order valence-electron chi connectivity index (χ3n) is 4.38. The van der Waals surface area contributed by atoms with Gasteiger partial charge in [0.2, 0.25) is 5.91 Å². The Labute approximate surface area is 123 Å². The van der Waals surface area contributed by atoms with Crippen LogP contribution in [0.2, 0.25) is 0 Å². The van der Waals surface area contributed by atoms with Crippen LogP contribution >= 0.6 is 0 Å². The van der Waals surface area contributed by atoms with Crippen molar-refractivity contribution in [3.05, 3.63) is 12.2 Å². The fourth-order valence-electron chi connectivity index (χ4n) is 3.11. The number of nitrogens with zero attached hydrogens (tertiary/aromatic N) is 3. The van der Waals surface area contributed by atoms with Gasteiger partial charge in [-0.25, -0.2) is 0 Å². The monoisotopic (exact) mass is 294 g/mol. The number of aromatic nitrogens is 3. The Kier molecular flexibility index (Phi) is 4.59. The fraction of sp³-hybridized carbons (Fsp3) is 0.714. The van der Waals surface area contributed by atoms with Crippen LogP contribution in [-0.4, -0.2) is 31.7 Å². The lowest BCUT2D eigenvalue weighted by molar-refractivity contribution is -0.146. The van der Waals surface area contributed by atoms with Crippen molar-refractivity contribution in [3.8, 4) is 0 Å². The molecule has 1 fully saturated rings. The van der Waals surface area contributed by atoms with E-state index in [1.165, 1.54) is 0 Å². The number of amides is 1. The van der Waals surface area contributed by atoms with E-state index in [1.54, 1.807) is 17.9 Å². The van der Waals surface area contributed by atoms with Crippen molar-refractivity contribution in [1.82, 2.24) is 20.1 Å². The van der Waals surface area contributed by atoms with E-state index in [2.05, 4.69) is 15.5 Å². The third kappa shape index (κ3) is 3.22. The van der Waals surface area contributed by atoms with Crippen LogP contribution < -0.4 is 5.32 Å². The lowest BCUT2D eigenvalue weighted by Crippen LogP contribution is -2.37. The molecule has 2 rings (SSSR count). The van der Waals surface area contributed by atoms with Crippen molar-refractivity contribution in [2.45, 2.75) is 39.2 Å². The molecule has 0 radical (unpaired) electrons. The van der Waals surface area contributed by atoms with Crippen LogP contribution in [-0.2, 0) is 16.6 Å². The van der Waals surface area contributed by atoms with Crippen molar-refractivity contribution < 1.29 is 14.7 Å². The first kappa shape index (κ1) is 15.5. The Morgan fingerprint density at radius 1 is 1.48 bits per heavy atom. The predicted octanol–water partition coefficient (Wildman–Crippen LogP) is 1.13. The zero-order valence-corrected chi connectivity index (χ0v) is 12.6. The van der Waals surface area contributed by atoms with Crippen molar-refractivity contribution >= 4 is 11.9 Å². The zero-order chi connectivity index (χ0) is 15.6. The number of hydrogen-bond donors (Lipinski definition) is 2. The molecule has 1 aliphatic carbocycles. The lowest BCUT2D eigenvalue weighted by atomic mass is 9.95. The van der Waals surface area contributed by atoms with Gasteiger partial charge in [-0.3, -0.25) is 9.59 Å². The maximum atomic E-state index is 12.4. The van der Waals surface area contributed by atoms with E-state index in [4.69, 9.17) is 0 Å². The summed E-state index contributed by atoms with van der Waals surface area (Å²) in [6.45, 7) is 3.86. The third-order valence-corrected chi connectivity index (χ3v) is 4.38. The van der Waals surface area contributed by atoms with Gasteiger partial charge >= 0.3 is 5.97 Å². The van der Waals surface area contributed by atoms with Crippen LogP contribution in [0.25, 0.3) is 0 Å². The van der Waals surface area contributed by atoms with Gasteiger partial charge in [0.25, 0.3) is 0 Å². The van der Waals surface area contributed by atoms with Gasteiger partial charge in [0.1, 0.15) is 6.33 Å². The van der Waals surface area contributed by atoms with Gasteiger partial charge in [0.15, 0.2) is 5.82 Å². The molecular formula is C14H22N4O3. The minimum atomic E-state index is -0.877. The Morgan fingerprint density at radius 2 is 2.14 bits per heavy atom. The van der Waals surface area contributed by atoms with Gasteiger partial charge in [-0.1, -0.05) is 13.3 Å². The number of aliphatic carboxylic acids is 1. The molecule has 0 saturated heterocycles. The second-order valence-electron chi connectivity index (χ2n) is 5.83. The van der Waals surface area contributed by atoms with Gasteiger partial charge in [0, 0.05) is 7.05 Å². The van der Waals surface area contributed by atoms with Crippen molar-refractivity contribution in [1.29, 1.82) is 0 Å². The Balaban J connectivity index is 2.05. The highest BCUT2D eigenvalue weighted by Crippen LogP contribution is 2.38. The molecule has 7 nitrogen and oxygen atoms in total. The number of carboxylic acids is 1. The largest absolute Gasteiger partial charge is 0.481 e. The summed E-state index contributed by atoms with van der Waals surface area (Å²) in [5.74, 6) is -1.15. The van der Waals surface area contributed by atoms with Gasteiger partial charge in [-0.15, -0.1) is 10.2 Å². The number of aryl methyl sites for hydroxylation is 1. The highest BCUT2D eigenvalue weighted by atomic mass is 16.4. The average Bonchev–Trinajstić information content (AvgIpc) is 3.04. The first-order chi connectivity index (χ1) is 9.93. The molecule has 2 unspecified atom stereocenters. The van der Waals surface area contributed by atoms with E-state index in [-0.39, 0.29) is 11.9 Å². The second-order valence-corrected chi connectivity index (χ2v) is 5.83. The Bertz CT molecular complexity index is 528. The highest BCUT2D eigenvalue weighted by Gasteiger charge is 2.42. The first-order valence-electron chi connectivity index (χ1n) is 7.31. The van der Waals surface area contributed by atoms with Crippen molar-refractivity contribution in [2.24, 2.45) is 24.8 Å². The molecule has 1 aromatic rings. The molecule has 116 valence electrons. The molecule has 0 spiro atoms. The summed E-state index contributed by atoms with van der Waals surface area (Å²) in [5.41, 5.74) is 0. The van der Waals surface area contributed by atoms with Gasteiger partial charge in [0.05, 0.1) is 17.9 Å². The maximum absolute atomic E-state index is 12.4. The molecule has 0 aromatic carbocycles. The molecule has 0 aliphatic heterocycles. The lowest BCUT2D eigenvalue weighted by Gasteiger charge is -2.19. The minimum absolute atomic E-state index is 0.200. The average molecular weight is 294 g/mol. The summed E-state index contributed by atoms with van der Waals surface area (Å²) in [7, 11) is 1.81. The van der Waals surface area contributed by atoms with E-state index < -0.39 is 17.8 Å². The van der Waals surface area contributed by atoms with E-state index >= 15 is 0 Å². The molecule has 7 heteroatoms. The van der Waals surface area contributed by atoms with Crippen LogP contribution in [0.3, 0.4) is 0 Å². The number of carbonyl (C=O) groups excluding carboxylic acids is 1. The normalized spacial score (nSPS) is 26.5. The van der Waals surface area contributed by atoms with E-state index in [9.17, 15) is 14.7 Å². The highest BCUT2D eigenvalue weighted by molar-refractivity contribution is 5.85. The summed E-state index contributed by atoms with van der Waals surface area (Å²) in [4.78, 5) is 23.7. The number of carboxylic acid groups (broad SMARTS) is 1. The SMILES string of the molecule is CCC1C[C@H](C(=O)NC(C)c2nncn2C)[C@H](C(=O)O)C1. The van der Waals surface area contributed by atoms with Crippen LogP contribution in [0.15, 0.2) is 6.33 Å². The standard InChI is InChI=1S/C14H22N4O3/c1-4-9-5-10(11(6-9)14(20)21)13(19)16-8(2)12-17-15-7-18(12)3/h7-11H,4-6H2,1-3H3,(H,16,19)(H,20,21)/t8?,9?,10-,11+/m0/s1. The molecule has 4 atom stereocenters. The summed E-state index contributed by atoms with van der Waals surface area (Å²) in [6, 6.07) is -0.292. The van der Waals surface area contributed by atoms with Crippen LogP contribution in [0.4, 0.5) is 0 Å². The number of nitrogens with one attached hydrogen (secondary N) is 1. The minimum Gasteiger partial charge on any atom is -0.481 e. The smallest absolute Gasteiger partial charge is 0.307 e. The van der Waals surface area contributed by atoms with Gasteiger partial charge in [-0.05, 0) is 25.7 Å². The molecule has 1 aromatic heterocycles. The zero-order valence-electron chi connectivity index (χ0n) is 12.6. The van der Waals surface area contributed by atoms with Crippen LogP contribution in [0.1, 0.15) is 45.0 Å². The summed E-state index contributed by atoms with van der Waals surface area (Å²) in [5, 5.41) is 19.9. The van der Waals surface area contributed by atoms with E-state index in [0.717, 1.165) is 6.42 Å². The predicted molar refractivity (Wildman–Crippen MR) is 75.2 cm³/mol. The van der Waals surface area contributed by atoms with Crippen molar-refractivity contribution in [3.63, 3.8) is 0 Å². The summed E-state index contributed by atoms with van der Waals surface area (Å²) >= 11 is 0. The quantitative estimate of drug-likeness (QED) is 0.848. The van der Waals surface area contributed by atoms with Crippen LogP contribution in [0.5, 0.6) is 0 Å². The molecule has 2 N–H and O–H groups in total. The summed E-state index contributed by atoms with van der Waals surface area (Å²) in [6.07, 6.45) is 3.71. The number of hydrogen-bond acceptors (Lipinski definition) is 4. The Hall–Kier alpha value is -1.92. The maximum Gasteiger partial charge on any atom is 0.307 e. The molecule has 21 heavy (non-hydrogen) atoms. The number of carbonyl (C=O) groups is 2. The van der Waals surface area contributed by atoms with E-state index in [1.807, 2.05) is 13.8 Å². The van der Waals surface area contributed by atoms with E-state index in [0.29, 0.717) is 24.6 Å². The molecule has 1 saturated carbocycles. The second kappa shape index (κ2) is 6.24. The molecule has 1 amide bonds. The Morgan fingerprint density at radius 3 is 2.67 bits per heavy atom. The molecule has 1 heterocycles. The molecular weight excluding hydrogens is 272 g/mol. The topological polar surface area (TPSA) is 97.1 Å². The van der Waals surface area contributed by atoms with Gasteiger partial charge < -0.3 is 15.0 Å². The first-order valence-corrected chi connectivity index (χ1v) is 7.31. The van der Waals surface area contributed by atoms with Crippen LogP contribution in [0, 0.1) is 17.8 Å². The van der Waals surface area contributed by atoms with Crippen molar-refractivity contribution in [2.75, 3.05) is 0 Å². The van der Waals surface area contributed by atoms with Gasteiger partial charge in [-0.2, -0.15) is 0 Å². The number of rotatable bonds is 5. The fourth-order valence-corrected chi connectivity index (χ4v) is 3.11. The molecule has 0 bridgehead atoms. The summed E-state index contributed by atoms with van der Waals surface area (Å²) < 4.78 is 1.74. The molecule has 1 aliphatic rings.